The first kappa shape index (κ1) is 22.1. The zero-order chi connectivity index (χ0) is 21.9. The maximum atomic E-state index is 12.9. The van der Waals surface area contributed by atoms with Crippen molar-refractivity contribution in [3.63, 3.8) is 0 Å². The van der Waals surface area contributed by atoms with E-state index in [9.17, 15) is 14.4 Å². The minimum atomic E-state index is -0.868. The largest absolute Gasteiger partial charge is 0.490 e. The van der Waals surface area contributed by atoms with Gasteiger partial charge in [0.15, 0.2) is 0 Å². The van der Waals surface area contributed by atoms with E-state index in [2.05, 4.69) is 26.1 Å². The van der Waals surface area contributed by atoms with Gasteiger partial charge in [-0.2, -0.15) is 0 Å². The predicted octanol–water partition coefficient (Wildman–Crippen LogP) is 3.44. The molecule has 1 saturated heterocycles. The molecule has 1 N–H and O–H groups in total. The second-order valence-electron chi connectivity index (χ2n) is 9.43. The Kier molecular flexibility index (Phi) is 6.38. The molecular formula is C23H32N2O5. The van der Waals surface area contributed by atoms with Crippen LogP contribution in [0.2, 0.25) is 0 Å². The highest BCUT2D eigenvalue weighted by molar-refractivity contribution is 6.08. The molecule has 164 valence electrons. The van der Waals surface area contributed by atoms with E-state index in [0.29, 0.717) is 24.5 Å². The van der Waals surface area contributed by atoms with Crippen LogP contribution in [0.4, 0.5) is 4.79 Å². The van der Waals surface area contributed by atoms with Crippen LogP contribution in [0.25, 0.3) is 0 Å². The van der Waals surface area contributed by atoms with E-state index in [1.165, 1.54) is 0 Å². The van der Waals surface area contributed by atoms with Crippen LogP contribution in [0.3, 0.4) is 0 Å². The number of hydrogen-bond donors (Lipinski definition) is 1. The number of ether oxygens (including phenoxy) is 2. The van der Waals surface area contributed by atoms with Crippen molar-refractivity contribution in [2.45, 2.75) is 58.9 Å². The molecule has 2 fully saturated rings. The average molecular weight is 417 g/mol. The molecule has 7 heteroatoms. The number of rotatable bonds is 6. The van der Waals surface area contributed by atoms with Crippen LogP contribution in [0.5, 0.6) is 5.75 Å². The molecule has 2 aliphatic rings. The van der Waals surface area contributed by atoms with Crippen molar-refractivity contribution in [3.8, 4) is 5.75 Å². The molecule has 3 amide bonds. The van der Waals surface area contributed by atoms with Gasteiger partial charge in [-0.05, 0) is 61.6 Å². The van der Waals surface area contributed by atoms with Crippen LogP contribution < -0.4 is 10.1 Å². The van der Waals surface area contributed by atoms with E-state index >= 15 is 0 Å². The van der Waals surface area contributed by atoms with Crippen molar-refractivity contribution < 1.29 is 23.9 Å². The van der Waals surface area contributed by atoms with Crippen LogP contribution in [0.1, 0.15) is 52.0 Å². The highest BCUT2D eigenvalue weighted by atomic mass is 16.6. The van der Waals surface area contributed by atoms with Gasteiger partial charge < -0.3 is 14.8 Å². The van der Waals surface area contributed by atoms with Gasteiger partial charge in [-0.25, -0.2) is 4.79 Å². The van der Waals surface area contributed by atoms with Crippen LogP contribution in [0, 0.1) is 18.3 Å². The molecule has 3 rings (SSSR count). The molecule has 7 nitrogen and oxygen atoms in total. The van der Waals surface area contributed by atoms with Crippen molar-refractivity contribution in [2.24, 2.45) is 11.3 Å². The number of carbonyl (C=O) groups excluding carboxylic acids is 3. The Labute approximate surface area is 178 Å². The standard InChI is InChI=1S/C23H32N2O5/c1-16-6-5-7-18(14-16)29-12-13-30-19(26)15-25-20(27)23(24-21(25)28)10-8-17(9-11-23)22(2,3)4/h5-7,14,17H,8-13,15H2,1-4H3,(H,24,28). The second kappa shape index (κ2) is 8.66. The van der Waals surface area contributed by atoms with E-state index in [1.54, 1.807) is 0 Å². The van der Waals surface area contributed by atoms with Crippen molar-refractivity contribution in [1.82, 2.24) is 10.2 Å². The first-order valence-electron chi connectivity index (χ1n) is 10.6. The molecule has 1 aromatic carbocycles. The monoisotopic (exact) mass is 416 g/mol. The first-order valence-corrected chi connectivity index (χ1v) is 10.6. The summed E-state index contributed by atoms with van der Waals surface area (Å²) in [6.07, 6.45) is 2.97. The zero-order valence-electron chi connectivity index (χ0n) is 18.3. The maximum Gasteiger partial charge on any atom is 0.326 e. The summed E-state index contributed by atoms with van der Waals surface area (Å²) >= 11 is 0. The third-order valence-electron chi connectivity index (χ3n) is 6.20. The number of esters is 1. The number of nitrogens with one attached hydrogen (secondary N) is 1. The number of urea groups is 1. The fourth-order valence-electron chi connectivity index (χ4n) is 4.33. The molecule has 30 heavy (non-hydrogen) atoms. The Morgan fingerprint density at radius 3 is 2.53 bits per heavy atom. The van der Waals surface area contributed by atoms with Gasteiger partial charge in [0.1, 0.15) is 31.0 Å². The molecule has 0 atom stereocenters. The number of imide groups is 1. The molecule has 1 heterocycles. The summed E-state index contributed by atoms with van der Waals surface area (Å²) in [6.45, 7) is 8.45. The van der Waals surface area contributed by atoms with Gasteiger partial charge in [0.25, 0.3) is 5.91 Å². The van der Waals surface area contributed by atoms with E-state index < -0.39 is 17.5 Å². The topological polar surface area (TPSA) is 84.9 Å². The molecule has 0 radical (unpaired) electrons. The van der Waals surface area contributed by atoms with Gasteiger partial charge in [-0.3, -0.25) is 14.5 Å². The number of amides is 3. The lowest BCUT2D eigenvalue weighted by atomic mass is 9.67. The Morgan fingerprint density at radius 2 is 1.90 bits per heavy atom. The lowest BCUT2D eigenvalue weighted by Gasteiger charge is -2.40. The van der Waals surface area contributed by atoms with Crippen molar-refractivity contribution in [1.29, 1.82) is 0 Å². The Balaban J connectivity index is 1.46. The fourth-order valence-corrected chi connectivity index (χ4v) is 4.33. The van der Waals surface area contributed by atoms with Crippen molar-refractivity contribution >= 4 is 17.9 Å². The number of aryl methyl sites for hydroxylation is 1. The van der Waals surface area contributed by atoms with Gasteiger partial charge in [-0.15, -0.1) is 0 Å². The summed E-state index contributed by atoms with van der Waals surface area (Å²) in [5.74, 6) is 0.285. The SMILES string of the molecule is Cc1cccc(OCCOC(=O)CN2C(=O)NC3(CCC(C(C)(C)C)CC3)C2=O)c1. The highest BCUT2D eigenvalue weighted by Gasteiger charge is 2.53. The number of hydrogen-bond acceptors (Lipinski definition) is 5. The van der Waals surface area contributed by atoms with Crippen LogP contribution >= 0.6 is 0 Å². The second-order valence-corrected chi connectivity index (χ2v) is 9.43. The lowest BCUT2D eigenvalue weighted by Crippen LogP contribution is -2.50. The summed E-state index contributed by atoms with van der Waals surface area (Å²) < 4.78 is 10.7. The Morgan fingerprint density at radius 1 is 1.20 bits per heavy atom. The summed E-state index contributed by atoms with van der Waals surface area (Å²) in [7, 11) is 0. The van der Waals surface area contributed by atoms with E-state index in [-0.39, 0.29) is 31.1 Å². The Hall–Kier alpha value is -2.57. The number of benzene rings is 1. The van der Waals surface area contributed by atoms with Gasteiger partial charge in [0.2, 0.25) is 0 Å². The molecule has 1 spiro atoms. The predicted molar refractivity (Wildman–Crippen MR) is 112 cm³/mol. The molecule has 0 bridgehead atoms. The van der Waals surface area contributed by atoms with E-state index in [0.717, 1.165) is 23.3 Å². The van der Waals surface area contributed by atoms with Gasteiger partial charge in [0.05, 0.1) is 0 Å². The quantitative estimate of drug-likeness (QED) is 0.436. The minimum Gasteiger partial charge on any atom is -0.490 e. The van der Waals surface area contributed by atoms with Crippen LogP contribution in [0.15, 0.2) is 24.3 Å². The molecule has 1 aliphatic heterocycles. The van der Waals surface area contributed by atoms with Crippen LogP contribution in [-0.2, 0) is 14.3 Å². The number of nitrogens with zero attached hydrogens (tertiary/aromatic N) is 1. The van der Waals surface area contributed by atoms with Gasteiger partial charge >= 0.3 is 12.0 Å². The minimum absolute atomic E-state index is 0.0504. The third kappa shape index (κ3) is 4.94. The molecule has 0 unspecified atom stereocenters. The molecule has 1 aliphatic carbocycles. The summed E-state index contributed by atoms with van der Waals surface area (Å²) in [4.78, 5) is 38.5. The summed E-state index contributed by atoms with van der Waals surface area (Å²) in [6, 6.07) is 7.06. The lowest BCUT2D eigenvalue weighted by molar-refractivity contribution is -0.148. The normalized spacial score (nSPS) is 24.1. The third-order valence-corrected chi connectivity index (χ3v) is 6.20. The van der Waals surface area contributed by atoms with Crippen LogP contribution in [-0.4, -0.2) is 48.1 Å². The molecule has 0 aromatic heterocycles. The van der Waals surface area contributed by atoms with E-state index in [4.69, 9.17) is 9.47 Å². The van der Waals surface area contributed by atoms with E-state index in [1.807, 2.05) is 31.2 Å². The maximum absolute atomic E-state index is 12.9. The smallest absolute Gasteiger partial charge is 0.326 e. The zero-order valence-corrected chi connectivity index (χ0v) is 18.3. The van der Waals surface area contributed by atoms with Crippen molar-refractivity contribution in [2.75, 3.05) is 19.8 Å². The number of carbonyl (C=O) groups is 3. The molecular weight excluding hydrogens is 384 g/mol. The molecule has 1 aromatic rings. The highest BCUT2D eigenvalue weighted by Crippen LogP contribution is 2.43. The molecule has 1 saturated carbocycles. The summed E-state index contributed by atoms with van der Waals surface area (Å²) in [5, 5.41) is 2.85. The fraction of sp³-hybridized carbons (Fsp3) is 0.609. The Bertz CT molecular complexity index is 806. The first-order chi connectivity index (χ1) is 14.1. The average Bonchev–Trinajstić information content (AvgIpc) is 2.89. The van der Waals surface area contributed by atoms with Crippen molar-refractivity contribution in [3.05, 3.63) is 29.8 Å². The summed E-state index contributed by atoms with van der Waals surface area (Å²) in [5.41, 5.74) is 0.388. The van der Waals surface area contributed by atoms with Gasteiger partial charge in [0, 0.05) is 0 Å². The van der Waals surface area contributed by atoms with Gasteiger partial charge in [-0.1, -0.05) is 32.9 Å².